The number of aliphatic hydroxyl groups excluding tert-OH is 1. The summed E-state index contributed by atoms with van der Waals surface area (Å²) in [5.41, 5.74) is 2.91. The molecule has 0 fully saturated rings. The number of ether oxygens (including phenoxy) is 1. The number of para-hydroxylation sites is 1. The first-order valence-corrected chi connectivity index (χ1v) is 5.06. The van der Waals surface area contributed by atoms with Gasteiger partial charge < -0.3 is 9.84 Å². The van der Waals surface area contributed by atoms with Gasteiger partial charge in [0.2, 0.25) is 0 Å². The van der Waals surface area contributed by atoms with Gasteiger partial charge in [0.15, 0.2) is 11.6 Å². The van der Waals surface area contributed by atoms with Crippen LogP contribution in [0.4, 0.5) is 4.39 Å². The van der Waals surface area contributed by atoms with Crippen molar-refractivity contribution < 1.29 is 14.2 Å². The number of hydrogen-bond acceptors (Lipinski definition) is 4. The lowest BCUT2D eigenvalue weighted by atomic mass is 10.3. The molecule has 1 aromatic carbocycles. The second kappa shape index (κ2) is 6.42. The molecule has 0 amide bonds. The maximum Gasteiger partial charge on any atom is 0.165 e. The summed E-state index contributed by atoms with van der Waals surface area (Å²) >= 11 is 0. The van der Waals surface area contributed by atoms with Gasteiger partial charge in [0.1, 0.15) is 12.7 Å². The molecule has 1 aromatic rings. The molecule has 0 spiro atoms. The smallest absolute Gasteiger partial charge is 0.165 e. The topological polar surface area (TPSA) is 44.7 Å². The van der Waals surface area contributed by atoms with Gasteiger partial charge in [-0.2, -0.15) is 0 Å². The molecule has 0 saturated heterocycles. The first-order valence-electron chi connectivity index (χ1n) is 5.06. The zero-order valence-corrected chi connectivity index (χ0v) is 9.48. The van der Waals surface area contributed by atoms with Crippen molar-refractivity contribution in [3.05, 3.63) is 30.1 Å². The lowest BCUT2D eigenvalue weighted by molar-refractivity contribution is 0.0867. The molecular formula is C11H17FN2O2. The Hall–Kier alpha value is -1.17. The Balaban J connectivity index is 2.31. The van der Waals surface area contributed by atoms with Crippen LogP contribution in [-0.2, 0) is 0 Å². The average molecular weight is 228 g/mol. The van der Waals surface area contributed by atoms with E-state index in [1.165, 1.54) is 12.1 Å². The van der Waals surface area contributed by atoms with Gasteiger partial charge in [-0.05, 0) is 12.1 Å². The number of benzene rings is 1. The van der Waals surface area contributed by atoms with Crippen LogP contribution in [0, 0.1) is 5.82 Å². The Labute approximate surface area is 94.6 Å². The molecule has 1 rings (SSSR count). The summed E-state index contributed by atoms with van der Waals surface area (Å²) in [6, 6.07) is 6.12. The fourth-order valence-electron chi connectivity index (χ4n) is 1.09. The number of nitrogens with zero attached hydrogens (tertiary/aromatic N) is 1. The van der Waals surface area contributed by atoms with E-state index < -0.39 is 11.9 Å². The van der Waals surface area contributed by atoms with Gasteiger partial charge in [-0.25, -0.2) is 4.39 Å². The van der Waals surface area contributed by atoms with Crippen LogP contribution in [-0.4, -0.2) is 43.5 Å². The van der Waals surface area contributed by atoms with Crippen LogP contribution >= 0.6 is 0 Å². The SMILES string of the molecule is CN(C)NCC(O)COc1ccccc1F. The van der Waals surface area contributed by atoms with E-state index in [-0.39, 0.29) is 12.4 Å². The van der Waals surface area contributed by atoms with Crippen molar-refractivity contribution in [2.24, 2.45) is 0 Å². The molecule has 1 atom stereocenters. The molecule has 2 N–H and O–H groups in total. The standard InChI is InChI=1S/C11H17FN2O2/c1-14(2)13-7-9(15)8-16-11-6-4-3-5-10(11)12/h3-6,9,13,15H,7-8H2,1-2H3. The van der Waals surface area contributed by atoms with Gasteiger partial charge in [0.05, 0.1) is 0 Å². The van der Waals surface area contributed by atoms with Crippen LogP contribution in [0.3, 0.4) is 0 Å². The average Bonchev–Trinajstić information content (AvgIpc) is 2.25. The summed E-state index contributed by atoms with van der Waals surface area (Å²) in [4.78, 5) is 0. The number of hydrazine groups is 1. The van der Waals surface area contributed by atoms with Crippen molar-refractivity contribution in [2.75, 3.05) is 27.2 Å². The summed E-state index contributed by atoms with van der Waals surface area (Å²) in [6.45, 7) is 0.420. The third kappa shape index (κ3) is 4.57. The lowest BCUT2D eigenvalue weighted by Crippen LogP contribution is -2.39. The van der Waals surface area contributed by atoms with Crippen molar-refractivity contribution in [1.82, 2.24) is 10.4 Å². The second-order valence-electron chi connectivity index (χ2n) is 3.65. The monoisotopic (exact) mass is 228 g/mol. The van der Waals surface area contributed by atoms with Crippen LogP contribution in [0.25, 0.3) is 0 Å². The van der Waals surface area contributed by atoms with E-state index in [2.05, 4.69) is 5.43 Å². The highest BCUT2D eigenvalue weighted by Crippen LogP contribution is 2.15. The van der Waals surface area contributed by atoms with Crippen LogP contribution < -0.4 is 10.2 Å². The van der Waals surface area contributed by atoms with E-state index in [1.807, 2.05) is 14.1 Å². The molecule has 0 aliphatic carbocycles. The lowest BCUT2D eigenvalue weighted by Gasteiger charge is -2.16. The zero-order chi connectivity index (χ0) is 12.0. The largest absolute Gasteiger partial charge is 0.488 e. The van der Waals surface area contributed by atoms with Crippen molar-refractivity contribution in [3.63, 3.8) is 0 Å². The summed E-state index contributed by atoms with van der Waals surface area (Å²) in [6.07, 6.45) is -0.679. The van der Waals surface area contributed by atoms with E-state index in [0.29, 0.717) is 6.54 Å². The van der Waals surface area contributed by atoms with E-state index in [1.54, 1.807) is 17.1 Å². The fourth-order valence-corrected chi connectivity index (χ4v) is 1.09. The molecule has 0 aliphatic heterocycles. The van der Waals surface area contributed by atoms with E-state index >= 15 is 0 Å². The molecule has 0 heterocycles. The second-order valence-corrected chi connectivity index (χ2v) is 3.65. The van der Waals surface area contributed by atoms with Gasteiger partial charge in [0, 0.05) is 20.6 Å². The molecule has 5 heteroatoms. The minimum absolute atomic E-state index is 0.0573. The number of nitrogens with one attached hydrogen (secondary N) is 1. The molecule has 0 aromatic heterocycles. The highest BCUT2D eigenvalue weighted by molar-refractivity contribution is 5.23. The highest BCUT2D eigenvalue weighted by Gasteiger charge is 2.07. The zero-order valence-electron chi connectivity index (χ0n) is 9.48. The predicted octanol–water partition coefficient (Wildman–Crippen LogP) is 0.632. The number of halogens is 1. The molecule has 0 bridgehead atoms. The highest BCUT2D eigenvalue weighted by atomic mass is 19.1. The first-order chi connectivity index (χ1) is 7.59. The fraction of sp³-hybridized carbons (Fsp3) is 0.455. The predicted molar refractivity (Wildman–Crippen MR) is 59.6 cm³/mol. The first kappa shape index (κ1) is 12.9. The van der Waals surface area contributed by atoms with Crippen LogP contribution in [0.2, 0.25) is 0 Å². The van der Waals surface area contributed by atoms with Crippen LogP contribution in [0.5, 0.6) is 5.75 Å². The quantitative estimate of drug-likeness (QED) is 0.701. The van der Waals surface area contributed by atoms with Gasteiger partial charge in [-0.3, -0.25) is 10.4 Å². The summed E-state index contributed by atoms with van der Waals surface area (Å²) in [5, 5.41) is 11.2. The normalized spacial score (nSPS) is 12.8. The van der Waals surface area contributed by atoms with Crippen molar-refractivity contribution in [1.29, 1.82) is 0 Å². The Bertz CT molecular complexity index is 321. The van der Waals surface area contributed by atoms with E-state index in [4.69, 9.17) is 4.74 Å². The third-order valence-electron chi connectivity index (χ3n) is 1.91. The Morgan fingerprint density at radius 1 is 1.44 bits per heavy atom. The number of rotatable bonds is 6. The van der Waals surface area contributed by atoms with Gasteiger partial charge in [0.25, 0.3) is 0 Å². The number of hydrogen-bond donors (Lipinski definition) is 2. The van der Waals surface area contributed by atoms with Gasteiger partial charge in [-0.1, -0.05) is 12.1 Å². The molecule has 16 heavy (non-hydrogen) atoms. The van der Waals surface area contributed by atoms with E-state index in [0.717, 1.165) is 0 Å². The molecule has 0 saturated carbocycles. The molecular weight excluding hydrogens is 211 g/mol. The molecule has 90 valence electrons. The van der Waals surface area contributed by atoms with Crippen LogP contribution in [0.1, 0.15) is 0 Å². The van der Waals surface area contributed by atoms with Gasteiger partial charge in [-0.15, -0.1) is 0 Å². The molecule has 4 nitrogen and oxygen atoms in total. The summed E-state index contributed by atoms with van der Waals surface area (Å²) in [7, 11) is 3.65. The van der Waals surface area contributed by atoms with E-state index in [9.17, 15) is 9.50 Å². The Morgan fingerprint density at radius 2 is 2.12 bits per heavy atom. The summed E-state index contributed by atoms with van der Waals surface area (Å²) in [5.74, 6) is -0.262. The maximum absolute atomic E-state index is 13.1. The van der Waals surface area contributed by atoms with Crippen molar-refractivity contribution in [3.8, 4) is 5.75 Å². The number of aliphatic hydroxyl groups is 1. The molecule has 1 unspecified atom stereocenters. The Kier molecular flexibility index (Phi) is 5.18. The summed E-state index contributed by atoms with van der Waals surface area (Å²) < 4.78 is 18.3. The minimum atomic E-state index is -0.679. The third-order valence-corrected chi connectivity index (χ3v) is 1.91. The van der Waals surface area contributed by atoms with Gasteiger partial charge >= 0.3 is 0 Å². The molecule has 0 aliphatic rings. The Morgan fingerprint density at radius 3 is 2.75 bits per heavy atom. The minimum Gasteiger partial charge on any atom is -0.488 e. The molecule has 0 radical (unpaired) electrons. The van der Waals surface area contributed by atoms with Crippen molar-refractivity contribution in [2.45, 2.75) is 6.10 Å². The maximum atomic E-state index is 13.1. The van der Waals surface area contributed by atoms with Crippen molar-refractivity contribution >= 4 is 0 Å². The van der Waals surface area contributed by atoms with Crippen LogP contribution in [0.15, 0.2) is 24.3 Å².